The average molecular weight is 221 g/mol. The highest BCUT2D eigenvalue weighted by Crippen LogP contribution is 2.34. The molecule has 1 N–H and O–H groups in total. The Kier molecular flexibility index (Phi) is 2.52. The molecule has 0 unspecified atom stereocenters. The molecule has 0 aromatic heterocycles. The van der Waals surface area contributed by atoms with Gasteiger partial charge in [-0.05, 0) is 11.6 Å². The number of anilines is 1. The second-order valence-electron chi connectivity index (χ2n) is 3.42. The molecule has 0 bridgehead atoms. The topological polar surface area (TPSA) is 64.6 Å². The van der Waals surface area contributed by atoms with Gasteiger partial charge < -0.3 is 14.8 Å². The van der Waals surface area contributed by atoms with Gasteiger partial charge >= 0.3 is 0 Å². The number of methoxy groups -OCH3 is 2. The van der Waals surface area contributed by atoms with Crippen molar-refractivity contribution in [2.45, 2.75) is 6.42 Å². The summed E-state index contributed by atoms with van der Waals surface area (Å²) in [4.78, 5) is 22.4. The summed E-state index contributed by atoms with van der Waals surface area (Å²) in [5, 5.41) is 2.51. The number of carbonyl (C=O) groups is 2. The summed E-state index contributed by atoms with van der Waals surface area (Å²) in [6.45, 7) is 0. The van der Waals surface area contributed by atoms with Gasteiger partial charge in [-0.3, -0.25) is 9.59 Å². The lowest BCUT2D eigenvalue weighted by Crippen LogP contribution is -2.29. The first-order valence-electron chi connectivity index (χ1n) is 4.74. The van der Waals surface area contributed by atoms with E-state index in [4.69, 9.17) is 9.47 Å². The maximum Gasteiger partial charge on any atom is 0.292 e. The van der Waals surface area contributed by atoms with Gasteiger partial charge in [-0.15, -0.1) is 0 Å². The molecular formula is C11H11NO4. The van der Waals surface area contributed by atoms with Crippen LogP contribution in [0.1, 0.15) is 5.56 Å². The van der Waals surface area contributed by atoms with Crippen molar-refractivity contribution < 1.29 is 19.1 Å². The molecule has 0 radical (unpaired) electrons. The number of nitrogens with one attached hydrogen (secondary N) is 1. The average Bonchev–Trinajstić information content (AvgIpc) is 2.29. The van der Waals surface area contributed by atoms with E-state index in [-0.39, 0.29) is 6.42 Å². The number of hydrogen-bond acceptors (Lipinski definition) is 4. The third-order valence-corrected chi connectivity index (χ3v) is 2.46. The molecular weight excluding hydrogens is 210 g/mol. The number of ketones is 1. The monoisotopic (exact) mass is 221 g/mol. The van der Waals surface area contributed by atoms with Crippen LogP contribution in [0.3, 0.4) is 0 Å². The lowest BCUT2D eigenvalue weighted by Gasteiger charge is -2.18. The van der Waals surface area contributed by atoms with E-state index in [1.54, 1.807) is 12.1 Å². The Bertz CT molecular complexity index is 424. The highest BCUT2D eigenvalue weighted by atomic mass is 16.5. The minimum absolute atomic E-state index is 0.0987. The standard InChI is InChI=1S/C11H11NO4/c1-15-9-4-6-3-8(13)11(14)12-7(6)5-10(9)16-2/h4-5H,3H2,1-2H3,(H,12,14). The number of ether oxygens (including phenoxy) is 2. The van der Waals surface area contributed by atoms with E-state index in [0.29, 0.717) is 17.2 Å². The lowest BCUT2D eigenvalue weighted by atomic mass is 10.0. The molecule has 0 atom stereocenters. The summed E-state index contributed by atoms with van der Waals surface area (Å²) in [7, 11) is 3.04. The number of fused-ring (bicyclic) bond motifs is 1. The zero-order chi connectivity index (χ0) is 11.7. The summed E-state index contributed by atoms with van der Waals surface area (Å²) in [5.74, 6) is 0.0422. The van der Waals surface area contributed by atoms with Gasteiger partial charge in [0.05, 0.1) is 14.2 Å². The van der Waals surface area contributed by atoms with Gasteiger partial charge in [-0.1, -0.05) is 0 Å². The molecule has 16 heavy (non-hydrogen) atoms. The second-order valence-corrected chi connectivity index (χ2v) is 3.42. The van der Waals surface area contributed by atoms with E-state index >= 15 is 0 Å². The van der Waals surface area contributed by atoms with Crippen LogP contribution in [0.25, 0.3) is 0 Å². The summed E-state index contributed by atoms with van der Waals surface area (Å²) < 4.78 is 10.2. The van der Waals surface area contributed by atoms with Crippen LogP contribution in [0.2, 0.25) is 0 Å². The fourth-order valence-electron chi connectivity index (χ4n) is 1.63. The van der Waals surface area contributed by atoms with Gasteiger partial charge in [-0.25, -0.2) is 0 Å². The predicted molar refractivity (Wildman–Crippen MR) is 56.9 cm³/mol. The Balaban J connectivity index is 2.49. The van der Waals surface area contributed by atoms with Crippen LogP contribution in [-0.4, -0.2) is 25.9 Å². The van der Waals surface area contributed by atoms with Crippen molar-refractivity contribution in [3.63, 3.8) is 0 Å². The molecule has 84 valence electrons. The molecule has 5 heteroatoms. The Hall–Kier alpha value is -2.04. The van der Waals surface area contributed by atoms with Crippen molar-refractivity contribution in [3.05, 3.63) is 17.7 Å². The fourth-order valence-corrected chi connectivity index (χ4v) is 1.63. The van der Waals surface area contributed by atoms with E-state index in [1.165, 1.54) is 14.2 Å². The molecule has 1 aliphatic rings. The molecule has 1 amide bonds. The molecule has 0 saturated heterocycles. The quantitative estimate of drug-likeness (QED) is 0.749. The lowest BCUT2D eigenvalue weighted by molar-refractivity contribution is -0.134. The molecule has 5 nitrogen and oxygen atoms in total. The minimum Gasteiger partial charge on any atom is -0.493 e. The summed E-state index contributed by atoms with van der Waals surface area (Å²) in [6, 6.07) is 3.35. The zero-order valence-corrected chi connectivity index (χ0v) is 8.99. The number of rotatable bonds is 2. The molecule has 1 aromatic carbocycles. The van der Waals surface area contributed by atoms with Crippen LogP contribution in [0.4, 0.5) is 5.69 Å². The maximum atomic E-state index is 11.2. The first-order chi connectivity index (χ1) is 7.65. The van der Waals surface area contributed by atoms with Crippen molar-refractivity contribution >= 4 is 17.4 Å². The smallest absolute Gasteiger partial charge is 0.292 e. The number of hydrogen-bond donors (Lipinski definition) is 1. The van der Waals surface area contributed by atoms with Gasteiger partial charge in [0, 0.05) is 18.2 Å². The van der Waals surface area contributed by atoms with E-state index in [1.807, 2.05) is 0 Å². The van der Waals surface area contributed by atoms with Gasteiger partial charge in [0.2, 0.25) is 5.78 Å². The van der Waals surface area contributed by atoms with E-state index in [2.05, 4.69) is 5.32 Å². The highest BCUT2D eigenvalue weighted by Gasteiger charge is 2.24. The SMILES string of the molecule is COc1cc2c(cc1OC)NC(=O)C(=O)C2. The maximum absolute atomic E-state index is 11.2. The van der Waals surface area contributed by atoms with Crippen LogP contribution in [-0.2, 0) is 16.0 Å². The first kappa shape index (κ1) is 10.5. The van der Waals surface area contributed by atoms with Crippen molar-refractivity contribution in [2.24, 2.45) is 0 Å². The zero-order valence-electron chi connectivity index (χ0n) is 8.99. The predicted octanol–water partition coefficient (Wildman–Crippen LogP) is 0.767. The molecule has 0 fully saturated rings. The third kappa shape index (κ3) is 1.60. The van der Waals surface area contributed by atoms with Crippen LogP contribution in [0, 0.1) is 0 Å². The van der Waals surface area contributed by atoms with E-state index < -0.39 is 11.7 Å². The Morgan fingerprint density at radius 2 is 1.75 bits per heavy atom. The highest BCUT2D eigenvalue weighted by molar-refractivity contribution is 6.42. The molecule has 0 spiro atoms. The van der Waals surface area contributed by atoms with Crippen molar-refractivity contribution in [1.82, 2.24) is 0 Å². The Morgan fingerprint density at radius 3 is 2.38 bits per heavy atom. The van der Waals surface area contributed by atoms with Crippen molar-refractivity contribution in [2.75, 3.05) is 19.5 Å². The number of benzene rings is 1. The van der Waals surface area contributed by atoms with Gasteiger partial charge in [0.15, 0.2) is 11.5 Å². The van der Waals surface area contributed by atoms with Gasteiger partial charge in [-0.2, -0.15) is 0 Å². The largest absolute Gasteiger partial charge is 0.493 e. The van der Waals surface area contributed by atoms with Crippen LogP contribution < -0.4 is 14.8 Å². The number of amides is 1. The fraction of sp³-hybridized carbons (Fsp3) is 0.273. The first-order valence-corrected chi connectivity index (χ1v) is 4.74. The summed E-state index contributed by atoms with van der Waals surface area (Å²) in [6.07, 6.45) is 0.0987. The molecule has 2 rings (SSSR count). The van der Waals surface area contributed by atoms with Crippen LogP contribution >= 0.6 is 0 Å². The van der Waals surface area contributed by atoms with Crippen molar-refractivity contribution in [3.8, 4) is 11.5 Å². The summed E-state index contributed by atoms with van der Waals surface area (Å²) in [5.41, 5.74) is 1.34. The normalized spacial score (nSPS) is 14.1. The molecule has 1 aromatic rings. The molecule has 0 saturated carbocycles. The molecule has 1 aliphatic heterocycles. The van der Waals surface area contributed by atoms with Crippen molar-refractivity contribution in [1.29, 1.82) is 0 Å². The third-order valence-electron chi connectivity index (χ3n) is 2.46. The van der Waals surface area contributed by atoms with E-state index in [0.717, 1.165) is 5.56 Å². The van der Waals surface area contributed by atoms with Gasteiger partial charge in [0.25, 0.3) is 5.91 Å². The Labute approximate surface area is 92.4 Å². The minimum atomic E-state index is -0.584. The van der Waals surface area contributed by atoms with Crippen LogP contribution in [0.5, 0.6) is 11.5 Å². The Morgan fingerprint density at radius 1 is 1.12 bits per heavy atom. The molecule has 1 heterocycles. The van der Waals surface area contributed by atoms with Gasteiger partial charge in [0.1, 0.15) is 0 Å². The second kappa shape index (κ2) is 3.84. The van der Waals surface area contributed by atoms with E-state index in [9.17, 15) is 9.59 Å². The van der Waals surface area contributed by atoms with Crippen LogP contribution in [0.15, 0.2) is 12.1 Å². The molecule has 0 aliphatic carbocycles. The summed E-state index contributed by atoms with van der Waals surface area (Å²) >= 11 is 0. The number of carbonyl (C=O) groups excluding carboxylic acids is 2. The number of Topliss-reactive ketones (excluding diaryl/α,β-unsaturated/α-hetero) is 1.